The van der Waals surface area contributed by atoms with Gasteiger partial charge in [-0.2, -0.15) is 0 Å². The number of aliphatic hydroxyl groups is 5. The van der Waals surface area contributed by atoms with Crippen LogP contribution in [0.5, 0.6) is 0 Å². The Kier molecular flexibility index (Phi) is 19.9. The van der Waals surface area contributed by atoms with E-state index in [2.05, 4.69) is 39.3 Å². The van der Waals surface area contributed by atoms with Gasteiger partial charge < -0.3 is 69.7 Å². The van der Waals surface area contributed by atoms with Crippen LogP contribution >= 0.6 is 12.2 Å². The van der Waals surface area contributed by atoms with Crippen LogP contribution in [0.1, 0.15) is 101 Å². The smallest absolute Gasteiger partial charge is 0.309 e. The SMILES string of the molecule is COC1(C)C[C@@H](C[C@H]2[C@H](C)[C@@H](C)[C@@H](C)C(=O)OC(C)C(C)(O)[C@H](O)[C@@H](C)N(CCNC(=S)Nc3ccc(N4CCOCC4)nc3)C[C@@H](C)CC2(O)C[C@@H]2O[C@H](C)C[C@H](N(C)C)[C@@H]2O)O[C@@H](C)[C@H]1O. The zero-order valence-corrected chi connectivity index (χ0v) is 44.1. The second-order valence-corrected chi connectivity index (χ2v) is 22.1. The fourth-order valence-electron chi connectivity index (χ4n) is 11.4. The van der Waals surface area contributed by atoms with Crippen LogP contribution in [0.4, 0.5) is 11.5 Å². The number of anilines is 2. The van der Waals surface area contributed by atoms with E-state index in [0.29, 0.717) is 57.2 Å². The number of thiocarbonyl (C=S) groups is 1. The molecule has 1 aromatic heterocycles. The number of hydrogen-bond acceptors (Lipinski definition) is 16. The van der Waals surface area contributed by atoms with Crippen LogP contribution < -0.4 is 15.5 Å². The molecule has 0 bridgehead atoms. The molecule has 17 nitrogen and oxygen atoms in total. The van der Waals surface area contributed by atoms with Crippen molar-refractivity contribution in [3.05, 3.63) is 18.3 Å². The Morgan fingerprint density at radius 1 is 0.971 bits per heavy atom. The van der Waals surface area contributed by atoms with E-state index in [9.17, 15) is 30.3 Å². The van der Waals surface area contributed by atoms with Crippen LogP contribution in [0.25, 0.3) is 0 Å². The molecule has 4 saturated heterocycles. The molecule has 7 N–H and O–H groups in total. The number of hydrogen-bond donors (Lipinski definition) is 7. The minimum atomic E-state index is -1.83. The first-order chi connectivity index (χ1) is 31.8. The molecule has 1 aromatic rings. The number of nitrogens with zero attached hydrogens (tertiary/aromatic N) is 4. The van der Waals surface area contributed by atoms with E-state index >= 15 is 0 Å². The second kappa shape index (κ2) is 23.9. The normalized spacial score (nSPS) is 41.9. The number of aliphatic hydroxyl groups excluding tert-OH is 3. The Labute approximate surface area is 411 Å². The van der Waals surface area contributed by atoms with Gasteiger partial charge in [0, 0.05) is 64.8 Å². The first-order valence-corrected chi connectivity index (χ1v) is 25.5. The van der Waals surface area contributed by atoms with E-state index in [1.807, 2.05) is 65.7 Å². The van der Waals surface area contributed by atoms with Crippen molar-refractivity contribution in [1.82, 2.24) is 20.1 Å². The Morgan fingerprint density at radius 3 is 2.26 bits per heavy atom. The highest BCUT2D eigenvalue weighted by Gasteiger charge is 2.53. The summed E-state index contributed by atoms with van der Waals surface area (Å²) in [6, 6.07) is 3.03. The van der Waals surface area contributed by atoms with Crippen LogP contribution in [0.3, 0.4) is 0 Å². The number of esters is 1. The average molecular weight is 981 g/mol. The summed E-state index contributed by atoms with van der Waals surface area (Å²) in [5, 5.41) is 68.0. The number of methoxy groups -OCH3 is 1. The number of ether oxygens (including phenoxy) is 5. The third-order valence-corrected chi connectivity index (χ3v) is 16.6. The molecule has 0 aromatic carbocycles. The largest absolute Gasteiger partial charge is 0.459 e. The molecule has 0 amide bonds. The predicted octanol–water partition coefficient (Wildman–Crippen LogP) is 3.43. The standard InChI is InChI=1S/C50H88N6O11S/c1-29-24-50(62,26-41-43(57)40(54(11)12)22-30(2)65-41)39(23-38-25-48(9,63-13)45(59)35(7)66-38)32(4)31(3)33(5)46(60)67-36(8)49(10,61)44(58)34(6)56(28-29)17-16-51-47(68)53-37-14-15-42(52-27-37)55-18-20-64-21-19-55/h14-15,27,29-36,38-41,43-45,57-59,61-62H,16-26,28H2,1-13H3,(H2,51,53,68)/t29-,30+,31+,32+,33+,34+,35-,36?,38+,39-,40-,41-,43-,44+,45+,48?,49?,50?/m0/s1. The van der Waals surface area contributed by atoms with Crippen molar-refractivity contribution in [2.24, 2.45) is 29.6 Å². The number of aromatic nitrogens is 1. The third-order valence-electron chi connectivity index (χ3n) is 16.4. The van der Waals surface area contributed by atoms with Crippen molar-refractivity contribution in [3.8, 4) is 0 Å². The first kappa shape index (κ1) is 56.6. The quantitative estimate of drug-likeness (QED) is 0.125. The molecule has 18 atom stereocenters. The number of rotatable bonds is 11. The zero-order valence-electron chi connectivity index (χ0n) is 43.3. The van der Waals surface area contributed by atoms with Crippen LogP contribution in [-0.4, -0.2) is 196 Å². The number of pyridine rings is 1. The van der Waals surface area contributed by atoms with Gasteiger partial charge in [-0.1, -0.05) is 27.7 Å². The number of nitrogens with one attached hydrogen (secondary N) is 2. The maximum Gasteiger partial charge on any atom is 0.309 e. The lowest BCUT2D eigenvalue weighted by atomic mass is 9.63. The van der Waals surface area contributed by atoms with Crippen LogP contribution in [0.2, 0.25) is 0 Å². The molecule has 0 saturated carbocycles. The molecule has 68 heavy (non-hydrogen) atoms. The Bertz CT molecular complexity index is 1760. The number of carbonyl (C=O) groups is 1. The molecule has 5 rings (SSSR count). The van der Waals surface area contributed by atoms with E-state index in [0.717, 1.165) is 24.6 Å². The number of carbonyl (C=O) groups excluding carboxylic acids is 1. The minimum Gasteiger partial charge on any atom is -0.459 e. The molecular formula is C50H88N6O11S. The fourth-order valence-corrected chi connectivity index (χ4v) is 11.7. The average Bonchev–Trinajstić information content (AvgIpc) is 3.29. The third kappa shape index (κ3) is 13.6. The number of cyclic esters (lactones) is 1. The van der Waals surface area contributed by atoms with E-state index in [4.69, 9.17) is 35.9 Å². The lowest BCUT2D eigenvalue weighted by Crippen LogP contribution is -2.60. The summed E-state index contributed by atoms with van der Waals surface area (Å²) in [6.07, 6.45) is -2.59. The maximum absolute atomic E-state index is 14.1. The summed E-state index contributed by atoms with van der Waals surface area (Å²) < 4.78 is 30.6. The Hall–Kier alpha value is -2.33. The van der Waals surface area contributed by atoms with Crippen LogP contribution in [0, 0.1) is 29.6 Å². The monoisotopic (exact) mass is 981 g/mol. The van der Waals surface area contributed by atoms with Crippen molar-refractivity contribution in [1.29, 1.82) is 0 Å². The van der Waals surface area contributed by atoms with E-state index in [-0.39, 0.29) is 42.7 Å². The summed E-state index contributed by atoms with van der Waals surface area (Å²) in [5.74, 6) is -1.72. The minimum absolute atomic E-state index is 0.105. The molecule has 5 heterocycles. The zero-order chi connectivity index (χ0) is 50.5. The van der Waals surface area contributed by atoms with Crippen molar-refractivity contribution in [2.75, 3.05) is 77.4 Å². The van der Waals surface area contributed by atoms with E-state index in [1.54, 1.807) is 27.2 Å². The van der Waals surface area contributed by atoms with Gasteiger partial charge in [0.15, 0.2) is 5.11 Å². The lowest BCUT2D eigenvalue weighted by Gasteiger charge is -2.51. The summed E-state index contributed by atoms with van der Waals surface area (Å²) >= 11 is 5.72. The van der Waals surface area contributed by atoms with Crippen molar-refractivity contribution in [2.45, 2.75) is 179 Å². The van der Waals surface area contributed by atoms with Gasteiger partial charge in [-0.3, -0.25) is 9.69 Å². The first-order valence-electron chi connectivity index (χ1n) is 25.1. The van der Waals surface area contributed by atoms with Gasteiger partial charge in [-0.05, 0) is 123 Å². The topological polar surface area (TPSA) is 211 Å². The van der Waals surface area contributed by atoms with Crippen molar-refractivity contribution < 1.29 is 54.0 Å². The molecule has 4 aliphatic heterocycles. The van der Waals surface area contributed by atoms with Crippen molar-refractivity contribution in [3.63, 3.8) is 0 Å². The van der Waals surface area contributed by atoms with Crippen molar-refractivity contribution >= 4 is 34.8 Å². The molecule has 4 fully saturated rings. The summed E-state index contributed by atoms with van der Waals surface area (Å²) in [5.41, 5.74) is -3.51. The van der Waals surface area contributed by atoms with Gasteiger partial charge in [0.05, 0.1) is 72.7 Å². The highest BCUT2D eigenvalue weighted by Crippen LogP contribution is 2.47. The van der Waals surface area contributed by atoms with Gasteiger partial charge in [0.1, 0.15) is 29.7 Å². The molecule has 18 heteroatoms. The molecule has 4 unspecified atom stereocenters. The van der Waals surface area contributed by atoms with Crippen LogP contribution in [-0.2, 0) is 28.5 Å². The molecule has 4 aliphatic rings. The second-order valence-electron chi connectivity index (χ2n) is 21.7. The molecular weight excluding hydrogens is 893 g/mol. The van der Waals surface area contributed by atoms with Gasteiger partial charge in [-0.25, -0.2) is 4.98 Å². The summed E-state index contributed by atoms with van der Waals surface area (Å²) in [6.45, 7) is 22.6. The fraction of sp³-hybridized carbons (Fsp3) is 0.860. The highest BCUT2D eigenvalue weighted by molar-refractivity contribution is 7.80. The molecule has 0 spiro atoms. The summed E-state index contributed by atoms with van der Waals surface area (Å²) in [7, 11) is 5.48. The molecule has 390 valence electrons. The maximum atomic E-state index is 14.1. The number of morpholine rings is 1. The van der Waals surface area contributed by atoms with Gasteiger partial charge in [0.25, 0.3) is 0 Å². The van der Waals surface area contributed by atoms with Gasteiger partial charge in [-0.15, -0.1) is 0 Å². The Morgan fingerprint density at radius 2 is 1.65 bits per heavy atom. The molecule has 0 radical (unpaired) electrons. The lowest BCUT2D eigenvalue weighted by molar-refractivity contribution is -0.226. The van der Waals surface area contributed by atoms with Crippen LogP contribution in [0.15, 0.2) is 18.3 Å². The van der Waals surface area contributed by atoms with Gasteiger partial charge in [0.2, 0.25) is 0 Å². The summed E-state index contributed by atoms with van der Waals surface area (Å²) in [4.78, 5) is 25.0. The van der Waals surface area contributed by atoms with E-state index < -0.39 is 83.4 Å². The van der Waals surface area contributed by atoms with E-state index in [1.165, 1.54) is 6.92 Å². The highest BCUT2D eigenvalue weighted by atomic mass is 32.1. The van der Waals surface area contributed by atoms with Gasteiger partial charge >= 0.3 is 5.97 Å². The predicted molar refractivity (Wildman–Crippen MR) is 266 cm³/mol. The number of likely N-dealkylation sites (N-methyl/N-ethyl adjacent to an activating group) is 1. The molecule has 0 aliphatic carbocycles. The Balaban J connectivity index is 1.49.